The molecule has 0 bridgehead atoms. The van der Waals surface area contributed by atoms with Crippen LogP contribution in [0.2, 0.25) is 0 Å². The highest BCUT2D eigenvalue weighted by atomic mass is 32.1. The number of furan rings is 1. The quantitative estimate of drug-likeness (QED) is 0.607. The second kappa shape index (κ2) is 5.03. The van der Waals surface area contributed by atoms with Crippen LogP contribution in [-0.2, 0) is 6.42 Å². The van der Waals surface area contributed by atoms with E-state index in [2.05, 4.69) is 41.6 Å². The first-order valence-corrected chi connectivity index (χ1v) is 8.04. The van der Waals surface area contributed by atoms with Crippen LogP contribution in [0.1, 0.15) is 12.5 Å². The Hall–Kier alpha value is -2.53. The molecular formula is C17H15N3OS. The zero-order valence-corrected chi connectivity index (χ0v) is 12.9. The number of imidazole rings is 1. The molecule has 0 fully saturated rings. The average molecular weight is 309 g/mol. The summed E-state index contributed by atoms with van der Waals surface area (Å²) in [7, 11) is 0. The number of fused-ring (bicyclic) bond motifs is 1. The predicted molar refractivity (Wildman–Crippen MR) is 90.0 cm³/mol. The van der Waals surface area contributed by atoms with Crippen LogP contribution in [0.3, 0.4) is 0 Å². The van der Waals surface area contributed by atoms with Crippen LogP contribution in [-0.4, -0.2) is 9.38 Å². The number of hydrogen-bond acceptors (Lipinski definition) is 4. The molecule has 0 unspecified atom stereocenters. The number of aromatic nitrogens is 2. The van der Waals surface area contributed by atoms with Crippen LogP contribution >= 0.6 is 11.3 Å². The number of rotatable bonds is 3. The number of thiazole rings is 1. The fraction of sp³-hybridized carbons (Fsp3) is 0.118. The van der Waals surface area contributed by atoms with Crippen LogP contribution in [0.25, 0.3) is 27.7 Å². The molecule has 0 aliphatic heterocycles. The van der Waals surface area contributed by atoms with Crippen LogP contribution in [0.4, 0.5) is 5.82 Å². The van der Waals surface area contributed by atoms with Crippen LogP contribution in [0, 0.1) is 0 Å². The van der Waals surface area contributed by atoms with E-state index < -0.39 is 0 Å². The molecular weight excluding hydrogens is 294 g/mol. The maximum atomic E-state index is 6.32. The zero-order valence-electron chi connectivity index (χ0n) is 12.1. The van der Waals surface area contributed by atoms with Crippen LogP contribution < -0.4 is 5.73 Å². The summed E-state index contributed by atoms with van der Waals surface area (Å²) in [6, 6.07) is 12.3. The highest BCUT2D eigenvalue weighted by Crippen LogP contribution is 2.34. The number of nitrogens with zero attached hydrogens (tertiary/aromatic N) is 2. The van der Waals surface area contributed by atoms with Crippen molar-refractivity contribution in [1.29, 1.82) is 0 Å². The van der Waals surface area contributed by atoms with E-state index in [-0.39, 0.29) is 0 Å². The molecule has 5 heteroatoms. The maximum Gasteiger partial charge on any atom is 0.196 e. The van der Waals surface area contributed by atoms with E-state index in [0.717, 1.165) is 22.6 Å². The largest absolute Gasteiger partial charge is 0.463 e. The van der Waals surface area contributed by atoms with Gasteiger partial charge in [0.15, 0.2) is 10.7 Å². The summed E-state index contributed by atoms with van der Waals surface area (Å²) in [6.07, 6.45) is 2.67. The van der Waals surface area contributed by atoms with Crippen molar-refractivity contribution in [1.82, 2.24) is 9.38 Å². The van der Waals surface area contributed by atoms with Gasteiger partial charge in [0, 0.05) is 5.38 Å². The van der Waals surface area contributed by atoms with Gasteiger partial charge in [0.25, 0.3) is 0 Å². The van der Waals surface area contributed by atoms with Crippen molar-refractivity contribution in [2.24, 2.45) is 0 Å². The molecule has 3 heterocycles. The van der Waals surface area contributed by atoms with E-state index in [0.29, 0.717) is 17.3 Å². The molecule has 4 aromatic rings. The molecule has 0 saturated heterocycles. The van der Waals surface area contributed by atoms with Gasteiger partial charge in [-0.1, -0.05) is 31.2 Å². The molecule has 0 aliphatic rings. The fourth-order valence-electron chi connectivity index (χ4n) is 2.59. The Bertz CT molecular complexity index is 917. The van der Waals surface area contributed by atoms with Crippen molar-refractivity contribution in [3.05, 3.63) is 53.6 Å². The van der Waals surface area contributed by atoms with Crippen LogP contribution in [0.5, 0.6) is 0 Å². The molecule has 0 amide bonds. The van der Waals surface area contributed by atoms with E-state index >= 15 is 0 Å². The highest BCUT2D eigenvalue weighted by Gasteiger charge is 2.18. The minimum absolute atomic E-state index is 0.612. The molecule has 1 aromatic carbocycles. The summed E-state index contributed by atoms with van der Waals surface area (Å²) in [5.41, 5.74) is 10.5. The van der Waals surface area contributed by atoms with Gasteiger partial charge >= 0.3 is 0 Å². The molecule has 2 N–H and O–H groups in total. The Morgan fingerprint density at radius 1 is 1.23 bits per heavy atom. The summed E-state index contributed by atoms with van der Waals surface area (Å²) in [5, 5.41) is 2.09. The molecule has 4 nitrogen and oxygen atoms in total. The van der Waals surface area contributed by atoms with E-state index in [4.69, 9.17) is 10.2 Å². The summed E-state index contributed by atoms with van der Waals surface area (Å²) >= 11 is 1.58. The summed E-state index contributed by atoms with van der Waals surface area (Å²) in [6.45, 7) is 2.15. The van der Waals surface area contributed by atoms with Gasteiger partial charge in [-0.3, -0.25) is 4.40 Å². The Morgan fingerprint density at radius 3 is 2.73 bits per heavy atom. The maximum absolute atomic E-state index is 6.32. The van der Waals surface area contributed by atoms with E-state index in [1.165, 1.54) is 5.56 Å². The molecule has 0 aliphatic carbocycles. The lowest BCUT2D eigenvalue weighted by Gasteiger charge is -2.03. The van der Waals surface area contributed by atoms with Crippen molar-refractivity contribution in [3.63, 3.8) is 0 Å². The van der Waals surface area contributed by atoms with Crippen molar-refractivity contribution in [2.75, 3.05) is 5.73 Å². The van der Waals surface area contributed by atoms with Gasteiger partial charge in [-0.15, -0.1) is 11.3 Å². The van der Waals surface area contributed by atoms with Gasteiger partial charge in [-0.25, -0.2) is 4.98 Å². The third kappa shape index (κ3) is 1.94. The first kappa shape index (κ1) is 13.2. The second-order valence-corrected chi connectivity index (χ2v) is 5.95. The number of nitrogen functional groups attached to an aromatic ring is 1. The molecule has 0 spiro atoms. The number of aryl methyl sites for hydroxylation is 1. The topological polar surface area (TPSA) is 56.5 Å². The highest BCUT2D eigenvalue weighted by molar-refractivity contribution is 7.15. The molecule has 0 radical (unpaired) electrons. The predicted octanol–water partition coefficient (Wildman–Crippen LogP) is 4.47. The van der Waals surface area contributed by atoms with Gasteiger partial charge < -0.3 is 10.2 Å². The van der Waals surface area contributed by atoms with Crippen molar-refractivity contribution >= 4 is 22.1 Å². The Morgan fingerprint density at radius 2 is 2.05 bits per heavy atom. The SMILES string of the molecule is CCc1ccc(-c2csc3nc(-c4ccco4)c(N)n23)cc1. The smallest absolute Gasteiger partial charge is 0.196 e. The molecule has 22 heavy (non-hydrogen) atoms. The Balaban J connectivity index is 1.88. The summed E-state index contributed by atoms with van der Waals surface area (Å²) < 4.78 is 7.41. The molecule has 110 valence electrons. The van der Waals surface area contributed by atoms with Gasteiger partial charge in [-0.05, 0) is 29.7 Å². The lowest BCUT2D eigenvalue weighted by Crippen LogP contribution is -1.95. The number of anilines is 1. The molecule has 0 saturated carbocycles. The number of nitrogens with two attached hydrogens (primary N) is 1. The van der Waals surface area contributed by atoms with Gasteiger partial charge in [0.05, 0.1) is 12.0 Å². The van der Waals surface area contributed by atoms with E-state index in [9.17, 15) is 0 Å². The first-order chi connectivity index (χ1) is 10.8. The van der Waals surface area contributed by atoms with E-state index in [1.54, 1.807) is 17.6 Å². The lowest BCUT2D eigenvalue weighted by molar-refractivity contribution is 0.581. The minimum atomic E-state index is 0.612. The zero-order chi connectivity index (χ0) is 15.1. The van der Waals surface area contributed by atoms with Crippen molar-refractivity contribution in [3.8, 4) is 22.7 Å². The number of hydrogen-bond donors (Lipinski definition) is 1. The van der Waals surface area contributed by atoms with Crippen LogP contribution in [0.15, 0.2) is 52.5 Å². The molecule has 0 atom stereocenters. The minimum Gasteiger partial charge on any atom is -0.463 e. The Labute approximate surface area is 131 Å². The summed E-state index contributed by atoms with van der Waals surface area (Å²) in [5.74, 6) is 1.31. The normalized spacial score (nSPS) is 11.3. The van der Waals surface area contributed by atoms with Crippen molar-refractivity contribution in [2.45, 2.75) is 13.3 Å². The Kier molecular flexibility index (Phi) is 3.01. The van der Waals surface area contributed by atoms with E-state index in [1.807, 2.05) is 16.5 Å². The van der Waals surface area contributed by atoms with Gasteiger partial charge in [0.1, 0.15) is 11.5 Å². The monoisotopic (exact) mass is 309 g/mol. The first-order valence-electron chi connectivity index (χ1n) is 7.16. The fourth-order valence-corrected chi connectivity index (χ4v) is 3.49. The average Bonchev–Trinajstić information content (AvgIpc) is 3.25. The third-order valence-electron chi connectivity index (χ3n) is 3.81. The molecule has 3 aromatic heterocycles. The standard InChI is InChI=1S/C17H15N3OS/c1-2-11-5-7-12(8-6-11)13-10-22-17-19-15(16(18)20(13)17)14-4-3-9-21-14/h3-10H,2,18H2,1H3. The lowest BCUT2D eigenvalue weighted by atomic mass is 10.1. The second-order valence-electron chi connectivity index (χ2n) is 5.11. The summed E-state index contributed by atoms with van der Waals surface area (Å²) in [4.78, 5) is 5.47. The number of benzene rings is 1. The third-order valence-corrected chi connectivity index (χ3v) is 4.64. The van der Waals surface area contributed by atoms with Gasteiger partial charge in [-0.2, -0.15) is 0 Å². The van der Waals surface area contributed by atoms with Gasteiger partial charge in [0.2, 0.25) is 0 Å². The molecule has 4 rings (SSSR count). The van der Waals surface area contributed by atoms with Crippen molar-refractivity contribution < 1.29 is 4.42 Å².